The van der Waals surface area contributed by atoms with Crippen molar-refractivity contribution in [1.82, 2.24) is 4.98 Å². The number of halogens is 1. The number of methoxy groups -OCH3 is 3. The predicted molar refractivity (Wildman–Crippen MR) is 131 cm³/mol. The molecular formula is C26H25BrN2O3. The van der Waals surface area contributed by atoms with Gasteiger partial charge in [-0.25, -0.2) is 0 Å². The second-order valence-corrected chi connectivity index (χ2v) is 8.80. The van der Waals surface area contributed by atoms with Gasteiger partial charge in [-0.15, -0.1) is 0 Å². The Kier molecular flexibility index (Phi) is 5.47. The van der Waals surface area contributed by atoms with Crippen LogP contribution in [0.5, 0.6) is 17.2 Å². The molecule has 0 bridgehead atoms. The van der Waals surface area contributed by atoms with Gasteiger partial charge < -0.3 is 24.1 Å². The summed E-state index contributed by atoms with van der Waals surface area (Å²) in [4.78, 5) is 5.92. The lowest BCUT2D eigenvalue weighted by Gasteiger charge is -2.39. The summed E-state index contributed by atoms with van der Waals surface area (Å²) in [6.45, 7) is 0.889. The first kappa shape index (κ1) is 20.8. The Balaban J connectivity index is 1.72. The highest BCUT2D eigenvalue weighted by Crippen LogP contribution is 2.44. The first-order valence-electron chi connectivity index (χ1n) is 10.5. The molecule has 0 aliphatic carbocycles. The van der Waals surface area contributed by atoms with Gasteiger partial charge in [-0.2, -0.15) is 0 Å². The van der Waals surface area contributed by atoms with Gasteiger partial charge >= 0.3 is 0 Å². The molecule has 2 heterocycles. The van der Waals surface area contributed by atoms with Crippen LogP contribution in [0.4, 0.5) is 5.69 Å². The molecule has 0 amide bonds. The number of nitrogens with one attached hydrogen (secondary N) is 1. The Hall–Kier alpha value is -3.12. The Morgan fingerprint density at radius 2 is 1.62 bits per heavy atom. The van der Waals surface area contributed by atoms with Crippen molar-refractivity contribution < 1.29 is 14.2 Å². The van der Waals surface area contributed by atoms with E-state index in [9.17, 15) is 0 Å². The van der Waals surface area contributed by atoms with Crippen molar-refractivity contribution >= 4 is 32.5 Å². The lowest BCUT2D eigenvalue weighted by molar-refractivity contribution is 0.353. The number of nitrogens with zero attached hydrogens (tertiary/aromatic N) is 1. The molecule has 164 valence electrons. The molecule has 3 aromatic carbocycles. The standard InChI is InChI=1S/C26H25BrN2O3/c1-30-19-7-5-18(6-8-19)29-11-10-16-12-24(31-2)25(32-3)14-20(16)26(29)22-15-28-23-9-4-17(27)13-21(22)23/h4-9,12-15,26,28H,10-11H2,1-3H3. The van der Waals surface area contributed by atoms with Gasteiger partial charge in [-0.05, 0) is 72.1 Å². The highest BCUT2D eigenvalue weighted by atomic mass is 79.9. The quantitative estimate of drug-likeness (QED) is 0.365. The van der Waals surface area contributed by atoms with Crippen LogP contribution in [0.2, 0.25) is 0 Å². The van der Waals surface area contributed by atoms with Crippen LogP contribution in [0.3, 0.4) is 0 Å². The molecule has 1 aliphatic heterocycles. The maximum absolute atomic E-state index is 5.67. The topological polar surface area (TPSA) is 46.7 Å². The monoisotopic (exact) mass is 492 g/mol. The molecule has 0 saturated heterocycles. The van der Waals surface area contributed by atoms with Crippen LogP contribution in [0.25, 0.3) is 10.9 Å². The number of fused-ring (bicyclic) bond motifs is 2. The molecule has 6 heteroatoms. The third-order valence-electron chi connectivity index (χ3n) is 6.25. The first-order valence-corrected chi connectivity index (χ1v) is 11.3. The summed E-state index contributed by atoms with van der Waals surface area (Å²) in [6, 6.07) is 18.9. The van der Waals surface area contributed by atoms with Gasteiger partial charge in [0.2, 0.25) is 0 Å². The summed E-state index contributed by atoms with van der Waals surface area (Å²) in [5.74, 6) is 2.36. The zero-order valence-electron chi connectivity index (χ0n) is 18.3. The van der Waals surface area contributed by atoms with Crippen molar-refractivity contribution in [2.45, 2.75) is 12.5 Å². The highest BCUT2D eigenvalue weighted by Gasteiger charge is 2.32. The molecule has 0 fully saturated rings. The number of anilines is 1. The maximum atomic E-state index is 5.67. The number of benzene rings is 3. The van der Waals surface area contributed by atoms with E-state index < -0.39 is 0 Å². The van der Waals surface area contributed by atoms with Gasteiger partial charge in [0.05, 0.1) is 27.4 Å². The van der Waals surface area contributed by atoms with E-state index in [2.05, 4.69) is 74.5 Å². The number of hydrogen-bond donors (Lipinski definition) is 1. The fourth-order valence-corrected chi connectivity index (χ4v) is 5.03. The zero-order valence-corrected chi connectivity index (χ0v) is 19.9. The van der Waals surface area contributed by atoms with E-state index in [-0.39, 0.29) is 6.04 Å². The van der Waals surface area contributed by atoms with Crippen molar-refractivity contribution in [2.75, 3.05) is 32.8 Å². The molecule has 0 spiro atoms. The van der Waals surface area contributed by atoms with E-state index in [4.69, 9.17) is 14.2 Å². The van der Waals surface area contributed by atoms with Gasteiger partial charge in [0.1, 0.15) is 5.75 Å². The second kappa shape index (κ2) is 8.43. The van der Waals surface area contributed by atoms with Crippen LogP contribution in [0.15, 0.2) is 65.3 Å². The number of aromatic amines is 1. The summed E-state index contributed by atoms with van der Waals surface area (Å²) in [7, 11) is 5.07. The number of H-pyrrole nitrogens is 1. The minimum absolute atomic E-state index is 0.0231. The molecule has 1 aromatic heterocycles. The average molecular weight is 493 g/mol. The summed E-state index contributed by atoms with van der Waals surface area (Å²) in [5.41, 5.74) is 6.00. The third kappa shape index (κ3) is 3.48. The lowest BCUT2D eigenvalue weighted by atomic mass is 9.87. The van der Waals surface area contributed by atoms with Crippen LogP contribution in [-0.2, 0) is 6.42 Å². The summed E-state index contributed by atoms with van der Waals surface area (Å²) >= 11 is 3.65. The van der Waals surface area contributed by atoms with Crippen molar-refractivity contribution in [2.24, 2.45) is 0 Å². The SMILES string of the molecule is COc1ccc(N2CCc3cc(OC)c(OC)cc3C2c2c[nH]c3ccc(Br)cc23)cc1. The molecule has 0 radical (unpaired) electrons. The molecule has 4 aromatic rings. The Labute approximate surface area is 196 Å². The van der Waals surface area contributed by atoms with Crippen LogP contribution in [0, 0.1) is 0 Å². The summed E-state index contributed by atoms with van der Waals surface area (Å²) < 4.78 is 17.7. The van der Waals surface area contributed by atoms with Gasteiger partial charge in [0.15, 0.2) is 11.5 Å². The van der Waals surface area contributed by atoms with Crippen LogP contribution >= 0.6 is 15.9 Å². The van der Waals surface area contributed by atoms with E-state index >= 15 is 0 Å². The summed E-state index contributed by atoms with van der Waals surface area (Å²) in [6.07, 6.45) is 3.05. The largest absolute Gasteiger partial charge is 0.497 e. The molecular weight excluding hydrogens is 468 g/mol. The molecule has 5 nitrogen and oxygen atoms in total. The third-order valence-corrected chi connectivity index (χ3v) is 6.74. The second-order valence-electron chi connectivity index (χ2n) is 7.88. The van der Waals surface area contributed by atoms with Crippen LogP contribution in [0.1, 0.15) is 22.7 Å². The fourth-order valence-electron chi connectivity index (χ4n) is 4.67. The Morgan fingerprint density at radius 3 is 2.34 bits per heavy atom. The molecule has 32 heavy (non-hydrogen) atoms. The Morgan fingerprint density at radius 1 is 0.875 bits per heavy atom. The van der Waals surface area contributed by atoms with E-state index in [0.29, 0.717) is 0 Å². The van der Waals surface area contributed by atoms with E-state index in [0.717, 1.165) is 45.9 Å². The van der Waals surface area contributed by atoms with Crippen molar-refractivity contribution in [1.29, 1.82) is 0 Å². The molecule has 1 unspecified atom stereocenters. The van der Waals surface area contributed by atoms with Gasteiger partial charge in [0, 0.05) is 39.4 Å². The predicted octanol–water partition coefficient (Wildman–Crippen LogP) is 6.11. The normalized spacial score (nSPS) is 15.5. The van der Waals surface area contributed by atoms with E-state index in [1.165, 1.54) is 22.1 Å². The zero-order chi connectivity index (χ0) is 22.2. The van der Waals surface area contributed by atoms with Crippen molar-refractivity contribution in [3.05, 3.63) is 82.0 Å². The molecule has 5 rings (SSSR count). The molecule has 1 atom stereocenters. The smallest absolute Gasteiger partial charge is 0.161 e. The highest BCUT2D eigenvalue weighted by molar-refractivity contribution is 9.10. The summed E-state index contributed by atoms with van der Waals surface area (Å²) in [5, 5.41) is 1.20. The first-order chi connectivity index (χ1) is 15.6. The minimum Gasteiger partial charge on any atom is -0.497 e. The van der Waals surface area contributed by atoms with E-state index in [1.807, 2.05) is 12.1 Å². The average Bonchev–Trinajstić information content (AvgIpc) is 3.25. The fraction of sp³-hybridized carbons (Fsp3) is 0.231. The van der Waals surface area contributed by atoms with Gasteiger partial charge in [0.25, 0.3) is 0 Å². The number of hydrogen-bond acceptors (Lipinski definition) is 4. The molecule has 0 saturated carbocycles. The molecule has 1 N–H and O–H groups in total. The number of aromatic nitrogens is 1. The van der Waals surface area contributed by atoms with E-state index in [1.54, 1.807) is 21.3 Å². The molecule has 1 aliphatic rings. The van der Waals surface area contributed by atoms with Crippen LogP contribution < -0.4 is 19.1 Å². The van der Waals surface area contributed by atoms with Gasteiger partial charge in [-0.3, -0.25) is 0 Å². The number of rotatable bonds is 5. The minimum atomic E-state index is 0.0231. The lowest BCUT2D eigenvalue weighted by Crippen LogP contribution is -2.36. The Bertz CT molecular complexity index is 1270. The van der Waals surface area contributed by atoms with Crippen molar-refractivity contribution in [3.8, 4) is 17.2 Å². The van der Waals surface area contributed by atoms with Crippen molar-refractivity contribution in [3.63, 3.8) is 0 Å². The number of ether oxygens (including phenoxy) is 3. The van der Waals surface area contributed by atoms with Gasteiger partial charge in [-0.1, -0.05) is 15.9 Å². The van der Waals surface area contributed by atoms with Crippen LogP contribution in [-0.4, -0.2) is 32.9 Å². The maximum Gasteiger partial charge on any atom is 0.161 e.